The van der Waals surface area contributed by atoms with Gasteiger partial charge in [0, 0.05) is 25.6 Å². The minimum absolute atomic E-state index is 0.117. The van der Waals surface area contributed by atoms with Crippen LogP contribution in [0.2, 0.25) is 0 Å². The Bertz CT molecular complexity index is 368. The zero-order valence-electron chi connectivity index (χ0n) is 14.0. The van der Waals surface area contributed by atoms with E-state index in [1.165, 1.54) is 64.6 Å². The van der Waals surface area contributed by atoms with Gasteiger partial charge in [-0.3, -0.25) is 4.90 Å². The molecule has 1 aliphatic carbocycles. The van der Waals surface area contributed by atoms with E-state index in [1.54, 1.807) is 0 Å². The molecule has 3 aliphatic heterocycles. The molecule has 4 nitrogen and oxygen atoms in total. The molecule has 3 heterocycles. The molecular formula is C18H32N2O2. The van der Waals surface area contributed by atoms with Gasteiger partial charge in [-0.25, -0.2) is 0 Å². The molecule has 0 aromatic rings. The van der Waals surface area contributed by atoms with Gasteiger partial charge in [0.15, 0.2) is 0 Å². The van der Waals surface area contributed by atoms with Crippen LogP contribution in [0.3, 0.4) is 0 Å². The van der Waals surface area contributed by atoms with E-state index in [9.17, 15) is 0 Å². The van der Waals surface area contributed by atoms with Crippen LogP contribution in [0.25, 0.3) is 0 Å². The maximum Gasteiger partial charge on any atom is 0.0837 e. The lowest BCUT2D eigenvalue weighted by atomic mass is 9.84. The van der Waals surface area contributed by atoms with Crippen molar-refractivity contribution in [1.82, 2.24) is 9.80 Å². The maximum atomic E-state index is 6.29. The first kappa shape index (κ1) is 15.4. The summed E-state index contributed by atoms with van der Waals surface area (Å²) >= 11 is 0. The lowest BCUT2D eigenvalue weighted by molar-refractivity contribution is -0.0706. The molecule has 0 radical (unpaired) electrons. The Morgan fingerprint density at radius 2 is 1.91 bits per heavy atom. The summed E-state index contributed by atoms with van der Waals surface area (Å²) in [5, 5.41) is 0. The van der Waals surface area contributed by atoms with Crippen LogP contribution in [-0.4, -0.2) is 73.5 Å². The van der Waals surface area contributed by atoms with Crippen molar-refractivity contribution in [1.29, 1.82) is 0 Å². The molecule has 4 rings (SSSR count). The van der Waals surface area contributed by atoms with Crippen molar-refractivity contribution in [2.24, 2.45) is 0 Å². The second-order valence-corrected chi connectivity index (χ2v) is 7.90. The normalized spacial score (nSPS) is 37.9. The van der Waals surface area contributed by atoms with E-state index in [0.29, 0.717) is 6.10 Å². The Morgan fingerprint density at radius 1 is 1.05 bits per heavy atom. The summed E-state index contributed by atoms with van der Waals surface area (Å²) in [6.07, 6.45) is 11.0. The van der Waals surface area contributed by atoms with Gasteiger partial charge in [-0.15, -0.1) is 0 Å². The summed E-state index contributed by atoms with van der Waals surface area (Å²) in [5.41, 5.74) is 0.117. The first-order chi connectivity index (χ1) is 10.8. The number of ether oxygens (including phenoxy) is 2. The second-order valence-electron chi connectivity index (χ2n) is 7.90. The van der Waals surface area contributed by atoms with Crippen molar-refractivity contribution in [2.45, 2.75) is 69.1 Å². The predicted molar refractivity (Wildman–Crippen MR) is 87.2 cm³/mol. The monoisotopic (exact) mass is 308 g/mol. The standard InChI is InChI=1S/C18H32N2O2/c1-2-9-19(8-1)11-12-21-17-13-18(22-14-17)7-4-10-20(15-18)16-5-3-6-16/h16-17H,1-15H2/t17-,18+/m0/s1. The highest BCUT2D eigenvalue weighted by Gasteiger charge is 2.45. The number of nitrogens with zero attached hydrogens (tertiary/aromatic N) is 2. The largest absolute Gasteiger partial charge is 0.374 e. The summed E-state index contributed by atoms with van der Waals surface area (Å²) < 4.78 is 12.4. The molecule has 4 heteroatoms. The molecule has 0 aromatic heterocycles. The Balaban J connectivity index is 1.22. The Morgan fingerprint density at radius 3 is 2.68 bits per heavy atom. The van der Waals surface area contributed by atoms with E-state index in [2.05, 4.69) is 9.80 Å². The van der Waals surface area contributed by atoms with Crippen LogP contribution in [0.5, 0.6) is 0 Å². The van der Waals surface area contributed by atoms with Crippen LogP contribution < -0.4 is 0 Å². The van der Waals surface area contributed by atoms with Gasteiger partial charge in [-0.2, -0.15) is 0 Å². The van der Waals surface area contributed by atoms with Gasteiger partial charge in [-0.1, -0.05) is 6.42 Å². The van der Waals surface area contributed by atoms with Crippen molar-refractivity contribution in [3.05, 3.63) is 0 Å². The summed E-state index contributed by atoms with van der Waals surface area (Å²) in [6.45, 7) is 7.79. The first-order valence-corrected chi connectivity index (χ1v) is 9.55. The highest BCUT2D eigenvalue weighted by molar-refractivity contribution is 4.98. The Labute approximate surface area is 135 Å². The molecule has 0 bridgehead atoms. The minimum Gasteiger partial charge on any atom is -0.374 e. The average Bonchev–Trinajstić information content (AvgIpc) is 3.08. The van der Waals surface area contributed by atoms with Gasteiger partial charge >= 0.3 is 0 Å². The van der Waals surface area contributed by atoms with Gasteiger partial charge in [0.25, 0.3) is 0 Å². The third-order valence-corrected chi connectivity index (χ3v) is 6.29. The molecule has 3 saturated heterocycles. The quantitative estimate of drug-likeness (QED) is 0.778. The van der Waals surface area contributed by atoms with Gasteiger partial charge in [-0.05, 0) is 58.2 Å². The molecule has 126 valence electrons. The SMILES string of the molecule is C1CC(N2CCC[C@@]3(C[C@H](OCCN4CCCC4)CO3)C2)C1. The number of hydrogen-bond donors (Lipinski definition) is 0. The molecule has 2 atom stereocenters. The summed E-state index contributed by atoms with van der Waals surface area (Å²) in [6, 6.07) is 0.857. The van der Waals surface area contributed by atoms with Crippen LogP contribution >= 0.6 is 0 Å². The third kappa shape index (κ3) is 3.35. The second kappa shape index (κ2) is 6.76. The van der Waals surface area contributed by atoms with Crippen LogP contribution in [0.1, 0.15) is 51.4 Å². The smallest absolute Gasteiger partial charge is 0.0837 e. The highest BCUT2D eigenvalue weighted by atomic mass is 16.6. The number of hydrogen-bond acceptors (Lipinski definition) is 4. The van der Waals surface area contributed by atoms with Crippen molar-refractivity contribution in [3.63, 3.8) is 0 Å². The van der Waals surface area contributed by atoms with Gasteiger partial charge in [0.1, 0.15) is 0 Å². The Hall–Kier alpha value is -0.160. The predicted octanol–water partition coefficient (Wildman–Crippen LogP) is 2.27. The molecule has 4 fully saturated rings. The molecule has 1 spiro atoms. The fourth-order valence-corrected chi connectivity index (χ4v) is 4.74. The molecule has 22 heavy (non-hydrogen) atoms. The average molecular weight is 308 g/mol. The van der Waals surface area contributed by atoms with Gasteiger partial charge in [0.2, 0.25) is 0 Å². The van der Waals surface area contributed by atoms with E-state index < -0.39 is 0 Å². The van der Waals surface area contributed by atoms with Gasteiger partial charge < -0.3 is 14.4 Å². The number of rotatable bonds is 5. The molecule has 0 amide bonds. The highest BCUT2D eigenvalue weighted by Crippen LogP contribution is 2.38. The van der Waals surface area contributed by atoms with Crippen molar-refractivity contribution in [3.8, 4) is 0 Å². The molecule has 0 unspecified atom stereocenters. The maximum absolute atomic E-state index is 6.29. The van der Waals surface area contributed by atoms with Crippen LogP contribution in [-0.2, 0) is 9.47 Å². The number of likely N-dealkylation sites (tertiary alicyclic amines) is 2. The zero-order chi connectivity index (χ0) is 14.8. The van der Waals surface area contributed by atoms with Crippen molar-refractivity contribution < 1.29 is 9.47 Å². The van der Waals surface area contributed by atoms with Crippen LogP contribution in [0.15, 0.2) is 0 Å². The van der Waals surface area contributed by atoms with E-state index in [1.807, 2.05) is 0 Å². The van der Waals surface area contributed by atoms with Crippen molar-refractivity contribution in [2.75, 3.05) is 45.9 Å². The van der Waals surface area contributed by atoms with Crippen LogP contribution in [0, 0.1) is 0 Å². The summed E-state index contributed by atoms with van der Waals surface area (Å²) in [4.78, 5) is 5.24. The molecule has 4 aliphatic rings. The van der Waals surface area contributed by atoms with E-state index in [-0.39, 0.29) is 5.60 Å². The zero-order valence-corrected chi connectivity index (χ0v) is 14.0. The fraction of sp³-hybridized carbons (Fsp3) is 1.00. The summed E-state index contributed by atoms with van der Waals surface area (Å²) in [7, 11) is 0. The van der Waals surface area contributed by atoms with Crippen molar-refractivity contribution >= 4 is 0 Å². The Kier molecular flexibility index (Phi) is 4.72. The van der Waals surface area contributed by atoms with E-state index in [4.69, 9.17) is 9.47 Å². The van der Waals surface area contributed by atoms with E-state index in [0.717, 1.165) is 38.8 Å². The first-order valence-electron chi connectivity index (χ1n) is 9.55. The third-order valence-electron chi connectivity index (χ3n) is 6.29. The molecule has 0 N–H and O–H groups in total. The molecule has 0 aromatic carbocycles. The number of piperidine rings is 1. The minimum atomic E-state index is 0.117. The molecule has 1 saturated carbocycles. The van der Waals surface area contributed by atoms with Crippen LogP contribution in [0.4, 0.5) is 0 Å². The lowest BCUT2D eigenvalue weighted by Gasteiger charge is -2.46. The lowest BCUT2D eigenvalue weighted by Crippen LogP contribution is -2.53. The van der Waals surface area contributed by atoms with E-state index >= 15 is 0 Å². The molecular weight excluding hydrogens is 276 g/mol. The fourth-order valence-electron chi connectivity index (χ4n) is 4.74. The van der Waals surface area contributed by atoms with Gasteiger partial charge in [0.05, 0.1) is 24.9 Å². The topological polar surface area (TPSA) is 24.9 Å². The summed E-state index contributed by atoms with van der Waals surface area (Å²) in [5.74, 6) is 0.